The molecular weight excluding hydrogens is 292 g/mol. The molecule has 3 aromatic rings. The second-order valence-corrected chi connectivity index (χ2v) is 5.57. The summed E-state index contributed by atoms with van der Waals surface area (Å²) in [5.41, 5.74) is 1.68. The van der Waals surface area contributed by atoms with E-state index >= 15 is 0 Å². The van der Waals surface area contributed by atoms with Gasteiger partial charge in [-0.3, -0.25) is 9.48 Å². The van der Waals surface area contributed by atoms with Crippen LogP contribution in [0, 0.1) is 0 Å². The van der Waals surface area contributed by atoms with Crippen LogP contribution in [0.15, 0.2) is 47.1 Å². The fraction of sp³-hybridized carbons (Fsp3) is 0.353. The molecule has 0 saturated heterocycles. The zero-order valence-electron chi connectivity index (χ0n) is 13.1. The molecule has 0 bridgehead atoms. The van der Waals surface area contributed by atoms with Crippen molar-refractivity contribution in [3.05, 3.63) is 48.6 Å². The largest absolute Gasteiger partial charge is 0.441 e. The third-order valence-electron chi connectivity index (χ3n) is 3.69. The van der Waals surface area contributed by atoms with E-state index in [1.165, 1.54) is 0 Å². The number of fused-ring (bicyclic) bond motifs is 1. The summed E-state index contributed by atoms with van der Waals surface area (Å²) in [5, 5.41) is 7.07. The number of para-hydroxylation sites is 2. The van der Waals surface area contributed by atoms with Gasteiger partial charge in [0.15, 0.2) is 11.5 Å². The molecule has 1 aromatic carbocycles. The van der Waals surface area contributed by atoms with E-state index in [-0.39, 0.29) is 11.9 Å². The fourth-order valence-corrected chi connectivity index (χ4v) is 2.47. The van der Waals surface area contributed by atoms with Gasteiger partial charge in [0.2, 0.25) is 5.91 Å². The summed E-state index contributed by atoms with van der Waals surface area (Å²) in [6, 6.07) is 9.62. The molecule has 1 atom stereocenters. The fourth-order valence-electron chi connectivity index (χ4n) is 2.47. The average Bonchev–Trinajstić information content (AvgIpc) is 3.20. The number of nitrogens with one attached hydrogen (secondary N) is 1. The van der Waals surface area contributed by atoms with Crippen molar-refractivity contribution < 1.29 is 9.21 Å². The molecule has 0 spiro atoms. The van der Waals surface area contributed by atoms with Crippen LogP contribution in [-0.4, -0.2) is 27.2 Å². The number of nitrogens with zero attached hydrogens (tertiary/aromatic N) is 3. The van der Waals surface area contributed by atoms with Gasteiger partial charge < -0.3 is 9.73 Å². The Kier molecular flexibility index (Phi) is 4.71. The topological polar surface area (TPSA) is 73.0 Å². The number of amides is 1. The lowest BCUT2D eigenvalue weighted by Crippen LogP contribution is -2.27. The minimum absolute atomic E-state index is 0.0329. The van der Waals surface area contributed by atoms with Crippen LogP contribution < -0.4 is 5.32 Å². The van der Waals surface area contributed by atoms with Crippen LogP contribution >= 0.6 is 0 Å². The SMILES string of the molecule is C[C@@H](CC(=O)NCCCc1nc2ccccc2o1)n1cccn1. The van der Waals surface area contributed by atoms with E-state index in [9.17, 15) is 4.79 Å². The molecule has 0 aliphatic carbocycles. The Morgan fingerprint density at radius 3 is 3.00 bits per heavy atom. The van der Waals surface area contributed by atoms with Gasteiger partial charge in [-0.1, -0.05) is 12.1 Å². The van der Waals surface area contributed by atoms with Gasteiger partial charge in [-0.15, -0.1) is 0 Å². The Bertz CT molecular complexity index is 731. The summed E-state index contributed by atoms with van der Waals surface area (Å²) in [7, 11) is 0. The zero-order chi connectivity index (χ0) is 16.1. The normalized spacial score (nSPS) is 12.4. The molecule has 0 radical (unpaired) electrons. The number of rotatable bonds is 7. The first kappa shape index (κ1) is 15.3. The molecule has 0 aliphatic rings. The van der Waals surface area contributed by atoms with Crippen molar-refractivity contribution in [3.8, 4) is 0 Å². The average molecular weight is 312 g/mol. The molecule has 3 rings (SSSR count). The number of carbonyl (C=O) groups is 1. The van der Waals surface area contributed by atoms with E-state index in [1.807, 2.05) is 43.5 Å². The van der Waals surface area contributed by atoms with Crippen LogP contribution in [0.2, 0.25) is 0 Å². The van der Waals surface area contributed by atoms with Crippen molar-refractivity contribution in [2.24, 2.45) is 0 Å². The van der Waals surface area contributed by atoms with Crippen LogP contribution in [0.4, 0.5) is 0 Å². The molecule has 2 heterocycles. The Morgan fingerprint density at radius 1 is 1.35 bits per heavy atom. The van der Waals surface area contributed by atoms with E-state index in [1.54, 1.807) is 10.9 Å². The molecule has 1 amide bonds. The Labute approximate surface area is 134 Å². The number of hydrogen-bond donors (Lipinski definition) is 1. The van der Waals surface area contributed by atoms with E-state index < -0.39 is 0 Å². The van der Waals surface area contributed by atoms with Crippen molar-refractivity contribution >= 4 is 17.0 Å². The van der Waals surface area contributed by atoms with E-state index in [0.717, 1.165) is 17.5 Å². The van der Waals surface area contributed by atoms with Crippen LogP contribution in [-0.2, 0) is 11.2 Å². The van der Waals surface area contributed by atoms with Crippen LogP contribution in [0.5, 0.6) is 0 Å². The maximum absolute atomic E-state index is 11.9. The summed E-state index contributed by atoms with van der Waals surface area (Å²) < 4.78 is 7.44. The minimum Gasteiger partial charge on any atom is -0.441 e. The number of oxazole rings is 1. The second-order valence-electron chi connectivity index (χ2n) is 5.57. The first-order valence-electron chi connectivity index (χ1n) is 7.82. The van der Waals surface area contributed by atoms with Gasteiger partial charge >= 0.3 is 0 Å². The van der Waals surface area contributed by atoms with Gasteiger partial charge in [0.1, 0.15) is 5.52 Å². The summed E-state index contributed by atoms with van der Waals surface area (Å²) in [6.45, 7) is 2.59. The number of aromatic nitrogens is 3. The lowest BCUT2D eigenvalue weighted by atomic mass is 10.2. The van der Waals surface area contributed by atoms with Gasteiger partial charge in [-0.05, 0) is 31.5 Å². The van der Waals surface area contributed by atoms with E-state index in [2.05, 4.69) is 15.4 Å². The van der Waals surface area contributed by atoms with E-state index in [0.29, 0.717) is 25.3 Å². The molecule has 23 heavy (non-hydrogen) atoms. The molecule has 6 nitrogen and oxygen atoms in total. The highest BCUT2D eigenvalue weighted by Crippen LogP contribution is 2.15. The third kappa shape index (κ3) is 3.97. The number of hydrogen-bond acceptors (Lipinski definition) is 4. The second kappa shape index (κ2) is 7.09. The predicted octanol–water partition coefficient (Wildman–Crippen LogP) is 2.72. The third-order valence-corrected chi connectivity index (χ3v) is 3.69. The first-order valence-corrected chi connectivity index (χ1v) is 7.82. The van der Waals surface area contributed by atoms with Crippen molar-refractivity contribution in [1.29, 1.82) is 0 Å². The molecule has 0 fully saturated rings. The lowest BCUT2D eigenvalue weighted by Gasteiger charge is -2.11. The van der Waals surface area contributed by atoms with Gasteiger partial charge in [0.05, 0.1) is 6.04 Å². The zero-order valence-corrected chi connectivity index (χ0v) is 13.1. The molecule has 2 aromatic heterocycles. The molecule has 0 aliphatic heterocycles. The van der Waals surface area contributed by atoms with Crippen LogP contribution in [0.25, 0.3) is 11.1 Å². The summed E-state index contributed by atoms with van der Waals surface area (Å²) >= 11 is 0. The Morgan fingerprint density at radius 2 is 2.22 bits per heavy atom. The van der Waals surface area contributed by atoms with E-state index in [4.69, 9.17) is 4.42 Å². The summed E-state index contributed by atoms with van der Waals surface area (Å²) in [4.78, 5) is 16.3. The standard InChI is InChI=1S/C17H20N4O2/c1-13(21-11-5-10-19-21)12-16(22)18-9-4-8-17-20-14-6-2-3-7-15(14)23-17/h2-3,5-7,10-11,13H,4,8-9,12H2,1H3,(H,18,22)/t13-/m0/s1. The molecule has 0 saturated carbocycles. The molecule has 120 valence electrons. The van der Waals surface area contributed by atoms with Gasteiger partial charge in [0, 0.05) is 31.8 Å². The Hall–Kier alpha value is -2.63. The molecular formula is C17H20N4O2. The predicted molar refractivity (Wildman–Crippen MR) is 86.9 cm³/mol. The first-order chi connectivity index (χ1) is 11.2. The smallest absolute Gasteiger partial charge is 0.222 e. The van der Waals surface area contributed by atoms with Crippen LogP contribution in [0.3, 0.4) is 0 Å². The van der Waals surface area contributed by atoms with Crippen molar-refractivity contribution in [2.45, 2.75) is 32.2 Å². The summed E-state index contributed by atoms with van der Waals surface area (Å²) in [5.74, 6) is 0.746. The molecule has 1 N–H and O–H groups in total. The Balaban J connectivity index is 1.40. The highest BCUT2D eigenvalue weighted by molar-refractivity contribution is 5.76. The maximum atomic E-state index is 11.9. The van der Waals surface area contributed by atoms with Crippen molar-refractivity contribution in [1.82, 2.24) is 20.1 Å². The van der Waals surface area contributed by atoms with Gasteiger partial charge in [-0.25, -0.2) is 4.98 Å². The number of aryl methyl sites for hydroxylation is 1. The summed E-state index contributed by atoms with van der Waals surface area (Å²) in [6.07, 6.45) is 5.52. The number of carbonyl (C=O) groups excluding carboxylic acids is 1. The minimum atomic E-state index is 0.0329. The molecule has 0 unspecified atom stereocenters. The monoisotopic (exact) mass is 312 g/mol. The van der Waals surface area contributed by atoms with Crippen molar-refractivity contribution in [2.75, 3.05) is 6.54 Å². The maximum Gasteiger partial charge on any atom is 0.222 e. The van der Waals surface area contributed by atoms with Crippen LogP contribution in [0.1, 0.15) is 31.7 Å². The van der Waals surface area contributed by atoms with Gasteiger partial charge in [-0.2, -0.15) is 5.10 Å². The van der Waals surface area contributed by atoms with Gasteiger partial charge in [0.25, 0.3) is 0 Å². The quantitative estimate of drug-likeness (QED) is 0.681. The highest BCUT2D eigenvalue weighted by Gasteiger charge is 2.10. The lowest BCUT2D eigenvalue weighted by molar-refractivity contribution is -0.121. The van der Waals surface area contributed by atoms with Crippen molar-refractivity contribution in [3.63, 3.8) is 0 Å². The highest BCUT2D eigenvalue weighted by atomic mass is 16.3. The number of benzene rings is 1. The molecule has 6 heteroatoms.